The summed E-state index contributed by atoms with van der Waals surface area (Å²) >= 11 is 0.994. The van der Waals surface area contributed by atoms with Crippen LogP contribution in [-0.4, -0.2) is 45.2 Å². The Morgan fingerprint density at radius 1 is 1.12 bits per heavy atom. The summed E-state index contributed by atoms with van der Waals surface area (Å²) in [5, 5.41) is 0.0770. The quantitative estimate of drug-likeness (QED) is 0.425. The fourth-order valence-corrected chi connectivity index (χ4v) is 5.18. The minimum absolute atomic E-state index is 0.0723. The number of carbonyl (C=O) groups is 1. The van der Waals surface area contributed by atoms with Gasteiger partial charge in [-0.3, -0.25) is 9.69 Å². The summed E-state index contributed by atoms with van der Waals surface area (Å²) in [5.74, 6) is 0.780. The average Bonchev–Trinajstić information content (AvgIpc) is 3.08. The number of thioether (sulfide) groups is 1. The summed E-state index contributed by atoms with van der Waals surface area (Å²) in [7, 11) is -0.918. The summed E-state index contributed by atoms with van der Waals surface area (Å²) in [4.78, 5) is 14.7. The molecular weight excluding hydrogens is 448 g/mol. The molecule has 7 nitrogen and oxygen atoms in total. The zero-order valence-corrected chi connectivity index (χ0v) is 19.7. The number of hydrogen-bond acceptors (Lipinski definition) is 6. The zero-order valence-electron chi connectivity index (χ0n) is 18.1. The molecular formula is C23H24N2O5S2. The monoisotopic (exact) mass is 472 g/mol. The van der Waals surface area contributed by atoms with Crippen molar-refractivity contribution >= 4 is 38.9 Å². The molecule has 0 atom stereocenters. The second kappa shape index (κ2) is 10.1. The average molecular weight is 473 g/mol. The molecule has 2 aromatic carbocycles. The van der Waals surface area contributed by atoms with Crippen molar-refractivity contribution in [3.05, 3.63) is 71.2 Å². The van der Waals surface area contributed by atoms with Gasteiger partial charge in [0.05, 0.1) is 24.0 Å². The summed E-state index contributed by atoms with van der Waals surface area (Å²) < 4.78 is 40.3. The van der Waals surface area contributed by atoms with Crippen LogP contribution in [0.4, 0.5) is 0 Å². The maximum Gasteiger partial charge on any atom is 0.284 e. The second-order valence-corrected chi connectivity index (χ2v) is 9.38. The van der Waals surface area contributed by atoms with Crippen molar-refractivity contribution in [2.45, 2.75) is 18.2 Å². The predicted octanol–water partition coefficient (Wildman–Crippen LogP) is 4.11. The molecule has 1 amide bonds. The highest BCUT2D eigenvalue weighted by molar-refractivity contribution is 8.19. The molecule has 0 unspecified atom stereocenters. The van der Waals surface area contributed by atoms with Gasteiger partial charge in [-0.25, -0.2) is 0 Å². The molecule has 0 N–H and O–H groups in total. The van der Waals surface area contributed by atoms with Crippen LogP contribution in [0.1, 0.15) is 18.1 Å². The van der Waals surface area contributed by atoms with Crippen molar-refractivity contribution in [1.82, 2.24) is 4.90 Å². The molecule has 0 radical (unpaired) electrons. The van der Waals surface area contributed by atoms with Gasteiger partial charge in [0.2, 0.25) is 0 Å². The Morgan fingerprint density at radius 2 is 1.84 bits per heavy atom. The van der Waals surface area contributed by atoms with E-state index >= 15 is 0 Å². The molecule has 0 aliphatic carbocycles. The summed E-state index contributed by atoms with van der Waals surface area (Å²) in [6, 6.07) is 11.8. The third-order valence-electron chi connectivity index (χ3n) is 4.75. The molecule has 3 rings (SSSR count). The number of rotatable bonds is 8. The van der Waals surface area contributed by atoms with Crippen molar-refractivity contribution in [2.24, 2.45) is 4.40 Å². The Kier molecular flexibility index (Phi) is 7.42. The number of carbonyl (C=O) groups excluding carboxylic acids is 1. The first-order chi connectivity index (χ1) is 15.3. The molecule has 0 bridgehead atoms. The summed E-state index contributed by atoms with van der Waals surface area (Å²) in [6.07, 6.45) is 3.97. The molecule has 0 saturated carbocycles. The Morgan fingerprint density at radius 3 is 2.44 bits per heavy atom. The van der Waals surface area contributed by atoms with E-state index in [1.165, 1.54) is 30.2 Å². The second-order valence-electron chi connectivity index (χ2n) is 6.77. The highest BCUT2D eigenvalue weighted by Gasteiger charge is 2.34. The van der Waals surface area contributed by atoms with Crippen LogP contribution in [0.15, 0.2) is 69.3 Å². The largest absolute Gasteiger partial charge is 0.497 e. The Hall–Kier alpha value is -3.04. The van der Waals surface area contributed by atoms with Crippen LogP contribution in [0.2, 0.25) is 0 Å². The lowest BCUT2D eigenvalue weighted by atomic mass is 10.1. The van der Waals surface area contributed by atoms with E-state index in [2.05, 4.69) is 11.0 Å². The van der Waals surface area contributed by atoms with E-state index in [0.29, 0.717) is 22.0 Å². The van der Waals surface area contributed by atoms with Crippen molar-refractivity contribution in [2.75, 3.05) is 20.8 Å². The Labute approximate surface area is 192 Å². The van der Waals surface area contributed by atoms with Gasteiger partial charge in [-0.2, -0.15) is 8.42 Å². The van der Waals surface area contributed by atoms with Gasteiger partial charge in [-0.15, -0.1) is 11.0 Å². The van der Waals surface area contributed by atoms with Crippen molar-refractivity contribution in [3.8, 4) is 11.5 Å². The van der Waals surface area contributed by atoms with Gasteiger partial charge in [-0.05, 0) is 54.1 Å². The smallest absolute Gasteiger partial charge is 0.284 e. The highest BCUT2D eigenvalue weighted by Crippen LogP contribution is 2.36. The molecule has 0 aromatic heterocycles. The van der Waals surface area contributed by atoms with Crippen LogP contribution in [0, 0.1) is 0 Å². The van der Waals surface area contributed by atoms with E-state index in [1.807, 2.05) is 6.92 Å². The van der Waals surface area contributed by atoms with E-state index in [4.69, 9.17) is 9.47 Å². The first-order valence-corrected chi connectivity index (χ1v) is 12.1. The number of amidine groups is 1. The number of hydrogen-bond donors (Lipinski definition) is 0. The lowest BCUT2D eigenvalue weighted by Crippen LogP contribution is -2.29. The molecule has 1 heterocycles. The van der Waals surface area contributed by atoms with Crippen molar-refractivity contribution < 1.29 is 22.7 Å². The van der Waals surface area contributed by atoms with Gasteiger partial charge in [-0.1, -0.05) is 25.1 Å². The Bertz CT molecular complexity index is 1190. The summed E-state index contributed by atoms with van der Waals surface area (Å²) in [5.41, 5.74) is 1.68. The molecule has 2 aromatic rings. The van der Waals surface area contributed by atoms with Crippen LogP contribution < -0.4 is 9.47 Å². The van der Waals surface area contributed by atoms with E-state index in [9.17, 15) is 13.2 Å². The van der Waals surface area contributed by atoms with E-state index < -0.39 is 10.0 Å². The van der Waals surface area contributed by atoms with Gasteiger partial charge in [0.1, 0.15) is 11.5 Å². The number of sulfonamides is 1. The predicted molar refractivity (Wildman–Crippen MR) is 127 cm³/mol. The van der Waals surface area contributed by atoms with E-state index in [-0.39, 0.29) is 22.5 Å². The van der Waals surface area contributed by atoms with Crippen LogP contribution in [0.5, 0.6) is 11.5 Å². The van der Waals surface area contributed by atoms with Crippen LogP contribution >= 0.6 is 11.8 Å². The van der Waals surface area contributed by atoms with Gasteiger partial charge >= 0.3 is 0 Å². The van der Waals surface area contributed by atoms with Gasteiger partial charge < -0.3 is 9.47 Å². The number of amides is 1. The minimum Gasteiger partial charge on any atom is -0.497 e. The zero-order chi connectivity index (χ0) is 23.3. The van der Waals surface area contributed by atoms with Gasteiger partial charge in [0.15, 0.2) is 5.17 Å². The first-order valence-electron chi connectivity index (χ1n) is 9.81. The maximum atomic E-state index is 13.0. The van der Waals surface area contributed by atoms with Gasteiger partial charge in [0, 0.05) is 18.2 Å². The fourth-order valence-electron chi connectivity index (χ4n) is 3.00. The molecule has 0 spiro atoms. The fraction of sp³-hybridized carbons (Fsp3) is 0.217. The number of aryl methyl sites for hydroxylation is 1. The number of ether oxygens (including phenoxy) is 2. The van der Waals surface area contributed by atoms with Crippen LogP contribution in [0.3, 0.4) is 0 Å². The number of methoxy groups -OCH3 is 2. The van der Waals surface area contributed by atoms with Crippen molar-refractivity contribution in [3.63, 3.8) is 0 Å². The van der Waals surface area contributed by atoms with Crippen molar-refractivity contribution in [1.29, 1.82) is 0 Å². The molecule has 9 heteroatoms. The topological polar surface area (TPSA) is 85.3 Å². The number of nitrogens with zero attached hydrogens (tertiary/aromatic N) is 2. The van der Waals surface area contributed by atoms with E-state index in [1.54, 1.807) is 43.5 Å². The SMILES string of the molecule is C=CCN1C(=O)/C(=C/c2ccc(OC)cc2OC)S/C1=N/S(=O)(=O)c1ccc(CC)cc1. The molecule has 1 aliphatic heterocycles. The highest BCUT2D eigenvalue weighted by atomic mass is 32.2. The standard InChI is InChI=1S/C23H24N2O5S2/c1-5-13-25-22(26)21(14-17-9-10-18(29-3)15-20(17)30-4)31-23(25)24-32(27,28)19-11-7-16(6-2)8-12-19/h5,7-12,14-15H,1,6,13H2,2-4H3/b21-14-,24-23+. The summed E-state index contributed by atoms with van der Waals surface area (Å²) in [6.45, 7) is 5.78. The molecule has 32 heavy (non-hydrogen) atoms. The molecule has 1 saturated heterocycles. The number of benzene rings is 2. The normalized spacial score (nSPS) is 16.6. The van der Waals surface area contributed by atoms with Crippen LogP contribution in [0.25, 0.3) is 6.08 Å². The van der Waals surface area contributed by atoms with Crippen LogP contribution in [-0.2, 0) is 21.2 Å². The third kappa shape index (κ3) is 5.05. The maximum absolute atomic E-state index is 13.0. The lowest BCUT2D eigenvalue weighted by Gasteiger charge is -2.12. The van der Waals surface area contributed by atoms with E-state index in [0.717, 1.165) is 23.7 Å². The molecule has 1 fully saturated rings. The Balaban J connectivity index is 1.99. The molecule has 1 aliphatic rings. The van der Waals surface area contributed by atoms with Gasteiger partial charge in [0.25, 0.3) is 15.9 Å². The lowest BCUT2D eigenvalue weighted by molar-refractivity contribution is -0.121. The third-order valence-corrected chi connectivity index (χ3v) is 7.16. The first kappa shape index (κ1) is 23.6. The molecule has 168 valence electrons. The minimum atomic E-state index is -3.99.